The minimum atomic E-state index is -0.812. The molecule has 0 radical (unpaired) electrons. The highest BCUT2D eigenvalue weighted by molar-refractivity contribution is 6.30. The van der Waals surface area contributed by atoms with E-state index in [4.69, 9.17) is 16.1 Å². The first kappa shape index (κ1) is 18.1. The van der Waals surface area contributed by atoms with Crippen molar-refractivity contribution < 1.29 is 18.1 Å². The Morgan fingerprint density at radius 3 is 2.62 bits per heavy atom. The van der Waals surface area contributed by atoms with Crippen molar-refractivity contribution in [3.05, 3.63) is 76.0 Å². The van der Waals surface area contributed by atoms with Gasteiger partial charge in [0.15, 0.2) is 0 Å². The fraction of sp³-hybridized carbons (Fsp3) is 0.158. The van der Waals surface area contributed by atoms with Crippen LogP contribution in [0.2, 0.25) is 5.02 Å². The molecule has 1 aromatic heterocycles. The molecule has 0 saturated heterocycles. The third-order valence-electron chi connectivity index (χ3n) is 3.89. The summed E-state index contributed by atoms with van der Waals surface area (Å²) >= 11 is 5.84. The second-order valence-corrected chi connectivity index (χ2v) is 6.16. The van der Waals surface area contributed by atoms with Crippen LogP contribution in [0.4, 0.5) is 8.78 Å². The molecule has 7 heteroatoms. The molecule has 0 aliphatic carbocycles. The number of rotatable bonds is 5. The largest absolute Gasteiger partial charge is 0.360 e. The molecule has 0 aliphatic heterocycles. The molecular weight excluding hydrogens is 362 g/mol. The van der Waals surface area contributed by atoms with Crippen LogP contribution >= 0.6 is 11.6 Å². The van der Waals surface area contributed by atoms with E-state index < -0.39 is 17.5 Å². The van der Waals surface area contributed by atoms with Crippen molar-refractivity contribution in [1.29, 1.82) is 0 Å². The van der Waals surface area contributed by atoms with E-state index in [-0.39, 0.29) is 22.6 Å². The summed E-state index contributed by atoms with van der Waals surface area (Å²) in [5, 5.41) is 7.16. The third kappa shape index (κ3) is 3.91. The van der Waals surface area contributed by atoms with Gasteiger partial charge < -0.3 is 9.84 Å². The normalized spacial score (nSPS) is 10.8. The number of nitrogens with zero attached hydrogens (tertiary/aromatic N) is 1. The molecular formula is C19H15ClF2N2O2. The maximum Gasteiger partial charge on any atom is 0.257 e. The van der Waals surface area contributed by atoms with Crippen molar-refractivity contribution in [2.75, 3.05) is 6.54 Å². The van der Waals surface area contributed by atoms with Gasteiger partial charge in [0, 0.05) is 23.2 Å². The Labute approximate surface area is 153 Å². The van der Waals surface area contributed by atoms with Crippen molar-refractivity contribution in [2.45, 2.75) is 13.3 Å². The summed E-state index contributed by atoms with van der Waals surface area (Å²) in [4.78, 5) is 12.5. The second kappa shape index (κ2) is 7.66. The number of carbonyl (C=O) groups excluding carboxylic acids is 1. The molecule has 1 amide bonds. The molecule has 0 bridgehead atoms. The van der Waals surface area contributed by atoms with Gasteiger partial charge in [0.25, 0.3) is 5.91 Å². The summed E-state index contributed by atoms with van der Waals surface area (Å²) in [6.07, 6.45) is 0.605. The zero-order valence-corrected chi connectivity index (χ0v) is 14.6. The summed E-state index contributed by atoms with van der Waals surface area (Å²) in [6, 6.07) is 10.4. The van der Waals surface area contributed by atoms with Gasteiger partial charge >= 0.3 is 0 Å². The van der Waals surface area contributed by atoms with E-state index in [1.165, 1.54) is 6.07 Å². The number of aryl methyl sites for hydroxylation is 1. The highest BCUT2D eigenvalue weighted by Gasteiger charge is 2.23. The number of halogens is 3. The van der Waals surface area contributed by atoms with E-state index in [9.17, 15) is 13.6 Å². The number of hydrogen-bond acceptors (Lipinski definition) is 3. The predicted molar refractivity (Wildman–Crippen MR) is 94.1 cm³/mol. The lowest BCUT2D eigenvalue weighted by atomic mass is 10.0. The van der Waals surface area contributed by atoms with Crippen molar-refractivity contribution in [2.24, 2.45) is 0 Å². The van der Waals surface area contributed by atoms with Crippen LogP contribution in [0.1, 0.15) is 21.7 Å². The van der Waals surface area contributed by atoms with Crippen molar-refractivity contribution in [3.8, 4) is 11.3 Å². The molecule has 26 heavy (non-hydrogen) atoms. The van der Waals surface area contributed by atoms with Gasteiger partial charge in [-0.25, -0.2) is 8.78 Å². The van der Waals surface area contributed by atoms with Gasteiger partial charge in [0.05, 0.1) is 0 Å². The minimum absolute atomic E-state index is 0.00565. The zero-order chi connectivity index (χ0) is 18.7. The van der Waals surface area contributed by atoms with Crippen LogP contribution < -0.4 is 5.32 Å². The van der Waals surface area contributed by atoms with Crippen LogP contribution in [0.3, 0.4) is 0 Å². The number of hydrogen-bond donors (Lipinski definition) is 1. The zero-order valence-electron chi connectivity index (χ0n) is 13.9. The maximum atomic E-state index is 14.0. The van der Waals surface area contributed by atoms with Crippen LogP contribution in [0, 0.1) is 18.6 Å². The molecule has 0 fully saturated rings. The fourth-order valence-electron chi connectivity index (χ4n) is 2.56. The quantitative estimate of drug-likeness (QED) is 0.710. The van der Waals surface area contributed by atoms with Gasteiger partial charge in [-0.2, -0.15) is 0 Å². The minimum Gasteiger partial charge on any atom is -0.360 e. The lowest BCUT2D eigenvalue weighted by Gasteiger charge is -2.07. The van der Waals surface area contributed by atoms with Crippen LogP contribution in [0.15, 0.2) is 47.0 Å². The Morgan fingerprint density at radius 2 is 1.92 bits per heavy atom. The molecule has 1 heterocycles. The predicted octanol–water partition coefficient (Wildman–Crippen LogP) is 4.55. The van der Waals surface area contributed by atoms with Crippen molar-refractivity contribution in [3.63, 3.8) is 0 Å². The Kier molecular flexibility index (Phi) is 5.32. The lowest BCUT2D eigenvalue weighted by Crippen LogP contribution is -2.26. The molecule has 0 spiro atoms. The molecule has 0 saturated carbocycles. The van der Waals surface area contributed by atoms with E-state index >= 15 is 0 Å². The van der Waals surface area contributed by atoms with Gasteiger partial charge in [-0.3, -0.25) is 4.79 Å². The first-order valence-electron chi connectivity index (χ1n) is 7.90. The van der Waals surface area contributed by atoms with Gasteiger partial charge in [-0.15, -0.1) is 0 Å². The van der Waals surface area contributed by atoms with E-state index in [0.29, 0.717) is 18.0 Å². The molecule has 3 rings (SSSR count). The van der Waals surface area contributed by atoms with Gasteiger partial charge in [0.2, 0.25) is 0 Å². The highest BCUT2D eigenvalue weighted by atomic mass is 35.5. The number of aromatic nitrogens is 1. The Morgan fingerprint density at radius 1 is 1.19 bits per heavy atom. The Balaban J connectivity index is 1.75. The standard InChI is InChI=1S/C19H15ClF2N2O2/c1-11-17(18(24-26-11)15-7-6-14(21)10-16(15)22)19(25)23-9-8-12-2-4-13(20)5-3-12/h2-7,10H,8-9H2,1H3,(H,23,25). The number of nitrogens with one attached hydrogen (secondary N) is 1. The monoisotopic (exact) mass is 376 g/mol. The number of carbonyl (C=O) groups is 1. The van der Waals surface area contributed by atoms with Crippen molar-refractivity contribution in [1.82, 2.24) is 10.5 Å². The average molecular weight is 377 g/mol. The van der Waals surface area contributed by atoms with E-state index in [2.05, 4.69) is 10.5 Å². The maximum absolute atomic E-state index is 14.0. The van der Waals surface area contributed by atoms with Crippen LogP contribution in [0.5, 0.6) is 0 Å². The molecule has 134 valence electrons. The summed E-state index contributed by atoms with van der Waals surface area (Å²) in [7, 11) is 0. The van der Waals surface area contributed by atoms with Gasteiger partial charge in [0.1, 0.15) is 28.7 Å². The molecule has 4 nitrogen and oxygen atoms in total. The second-order valence-electron chi connectivity index (χ2n) is 5.72. The number of benzene rings is 2. The summed E-state index contributed by atoms with van der Waals surface area (Å²) in [5.74, 6) is -1.70. The first-order chi connectivity index (χ1) is 12.5. The summed E-state index contributed by atoms with van der Waals surface area (Å²) < 4.78 is 32.2. The Hall–Kier alpha value is -2.73. The molecule has 0 aliphatic rings. The van der Waals surface area contributed by atoms with Crippen LogP contribution in [0.25, 0.3) is 11.3 Å². The van der Waals surface area contributed by atoms with Crippen molar-refractivity contribution >= 4 is 17.5 Å². The molecule has 3 aromatic rings. The molecule has 2 aromatic carbocycles. The van der Waals surface area contributed by atoms with E-state index in [0.717, 1.165) is 17.7 Å². The summed E-state index contributed by atoms with van der Waals surface area (Å²) in [5.41, 5.74) is 1.20. The van der Waals surface area contributed by atoms with Crippen LogP contribution in [-0.2, 0) is 6.42 Å². The van der Waals surface area contributed by atoms with Crippen LogP contribution in [-0.4, -0.2) is 17.6 Å². The summed E-state index contributed by atoms with van der Waals surface area (Å²) in [6.45, 7) is 1.93. The lowest BCUT2D eigenvalue weighted by molar-refractivity contribution is 0.0953. The molecule has 0 unspecified atom stereocenters. The molecule has 1 N–H and O–H groups in total. The van der Waals surface area contributed by atoms with Gasteiger partial charge in [-0.1, -0.05) is 28.9 Å². The SMILES string of the molecule is Cc1onc(-c2ccc(F)cc2F)c1C(=O)NCCc1ccc(Cl)cc1. The third-order valence-corrected chi connectivity index (χ3v) is 4.14. The number of amides is 1. The first-order valence-corrected chi connectivity index (χ1v) is 8.28. The fourth-order valence-corrected chi connectivity index (χ4v) is 2.69. The van der Waals surface area contributed by atoms with E-state index in [1.807, 2.05) is 12.1 Å². The van der Waals surface area contributed by atoms with Gasteiger partial charge in [-0.05, 0) is 43.2 Å². The topological polar surface area (TPSA) is 55.1 Å². The Bertz CT molecular complexity index is 939. The smallest absolute Gasteiger partial charge is 0.257 e. The van der Waals surface area contributed by atoms with E-state index in [1.54, 1.807) is 19.1 Å². The highest BCUT2D eigenvalue weighted by Crippen LogP contribution is 2.28. The molecule has 0 atom stereocenters. The average Bonchev–Trinajstić information content (AvgIpc) is 2.98.